The zero-order chi connectivity index (χ0) is 20.0. The Morgan fingerprint density at radius 1 is 1.04 bits per heavy atom. The molecule has 1 heterocycles. The van der Waals surface area contributed by atoms with Crippen LogP contribution in [0.3, 0.4) is 0 Å². The molecule has 1 atom stereocenters. The minimum atomic E-state index is -0.458. The number of hydrogen-bond acceptors (Lipinski definition) is 4. The van der Waals surface area contributed by atoms with Gasteiger partial charge in [-0.05, 0) is 39.5 Å². The first-order valence-corrected chi connectivity index (χ1v) is 10.7. The average Bonchev–Trinajstić information content (AvgIpc) is 2.61. The van der Waals surface area contributed by atoms with E-state index in [1.54, 1.807) is 0 Å². The zero-order valence-electron chi connectivity index (χ0n) is 17.9. The van der Waals surface area contributed by atoms with Crippen LogP contribution in [0, 0.1) is 11.8 Å². The molecule has 27 heavy (non-hydrogen) atoms. The number of rotatable bonds is 5. The van der Waals surface area contributed by atoms with Gasteiger partial charge in [-0.15, -0.1) is 0 Å². The van der Waals surface area contributed by atoms with E-state index in [1.807, 2.05) is 39.5 Å². The average molecular weight is 382 g/mol. The molecule has 1 saturated heterocycles. The highest BCUT2D eigenvalue weighted by Gasteiger charge is 2.33. The Hall–Kier alpha value is -1.30. The first-order chi connectivity index (χ1) is 12.7. The van der Waals surface area contributed by atoms with Crippen LogP contribution in [0.2, 0.25) is 0 Å². The van der Waals surface area contributed by atoms with Gasteiger partial charge < -0.3 is 15.0 Å². The maximum atomic E-state index is 12.3. The van der Waals surface area contributed by atoms with Crippen LogP contribution in [0.1, 0.15) is 66.7 Å². The third kappa shape index (κ3) is 6.98. The van der Waals surface area contributed by atoms with E-state index in [9.17, 15) is 9.59 Å². The number of nitrogens with zero attached hydrogens (tertiary/aromatic N) is 2. The lowest BCUT2D eigenvalue weighted by Crippen LogP contribution is -2.57. The molecule has 6 heteroatoms. The number of hydrogen-bond donors (Lipinski definition) is 1. The number of nitrogens with one attached hydrogen (secondary N) is 1. The highest BCUT2D eigenvalue weighted by Crippen LogP contribution is 2.29. The van der Waals surface area contributed by atoms with Crippen LogP contribution in [0.5, 0.6) is 0 Å². The van der Waals surface area contributed by atoms with Gasteiger partial charge in [0, 0.05) is 44.7 Å². The molecule has 0 radical (unpaired) electrons. The van der Waals surface area contributed by atoms with Gasteiger partial charge in [-0.2, -0.15) is 0 Å². The van der Waals surface area contributed by atoms with Gasteiger partial charge in [0.2, 0.25) is 5.91 Å². The normalized spacial score (nSPS) is 21.2. The van der Waals surface area contributed by atoms with Gasteiger partial charge in [0.25, 0.3) is 0 Å². The maximum absolute atomic E-state index is 12.3. The largest absolute Gasteiger partial charge is 0.444 e. The van der Waals surface area contributed by atoms with Crippen molar-refractivity contribution in [3.8, 4) is 0 Å². The summed E-state index contributed by atoms with van der Waals surface area (Å²) in [5, 5.41) is 3.16. The summed E-state index contributed by atoms with van der Waals surface area (Å²) in [5.74, 6) is 0.781. The van der Waals surface area contributed by atoms with Gasteiger partial charge in [0.05, 0.1) is 0 Å². The van der Waals surface area contributed by atoms with Crippen LogP contribution in [0.4, 0.5) is 4.79 Å². The maximum Gasteiger partial charge on any atom is 0.410 e. The van der Waals surface area contributed by atoms with Crippen molar-refractivity contribution >= 4 is 12.0 Å². The van der Waals surface area contributed by atoms with Crippen LogP contribution >= 0.6 is 0 Å². The minimum Gasteiger partial charge on any atom is -0.444 e. The topological polar surface area (TPSA) is 61.9 Å². The summed E-state index contributed by atoms with van der Waals surface area (Å²) in [6.07, 6.45) is 6.18. The molecule has 0 aromatic rings. The van der Waals surface area contributed by atoms with Crippen LogP contribution < -0.4 is 5.32 Å². The molecular weight excluding hydrogens is 342 g/mol. The fourth-order valence-electron chi connectivity index (χ4n) is 4.08. The molecular formula is C21H39N3O3. The van der Waals surface area contributed by atoms with Crippen molar-refractivity contribution < 1.29 is 14.3 Å². The summed E-state index contributed by atoms with van der Waals surface area (Å²) in [7, 11) is 0. The van der Waals surface area contributed by atoms with Crippen LogP contribution in [0.25, 0.3) is 0 Å². The predicted octanol–water partition coefficient (Wildman–Crippen LogP) is 3.26. The van der Waals surface area contributed by atoms with E-state index < -0.39 is 5.60 Å². The van der Waals surface area contributed by atoms with Gasteiger partial charge >= 0.3 is 6.09 Å². The third-order valence-corrected chi connectivity index (χ3v) is 5.64. The minimum absolute atomic E-state index is 0.0148. The molecule has 2 fully saturated rings. The van der Waals surface area contributed by atoms with Gasteiger partial charge in [-0.1, -0.05) is 33.1 Å². The van der Waals surface area contributed by atoms with E-state index in [0.717, 1.165) is 13.1 Å². The highest BCUT2D eigenvalue weighted by atomic mass is 16.6. The Labute approximate surface area is 165 Å². The van der Waals surface area contributed by atoms with Crippen molar-refractivity contribution in [1.82, 2.24) is 15.1 Å². The smallest absolute Gasteiger partial charge is 0.410 e. The van der Waals surface area contributed by atoms with Crippen LogP contribution in [0.15, 0.2) is 0 Å². The Kier molecular flexibility index (Phi) is 7.95. The highest BCUT2D eigenvalue weighted by molar-refractivity contribution is 5.77. The summed E-state index contributed by atoms with van der Waals surface area (Å²) < 4.78 is 5.51. The second-order valence-electron chi connectivity index (χ2n) is 9.37. The van der Waals surface area contributed by atoms with Gasteiger partial charge in [-0.25, -0.2) is 4.79 Å². The van der Waals surface area contributed by atoms with E-state index in [1.165, 1.54) is 32.1 Å². The lowest BCUT2D eigenvalue weighted by molar-refractivity contribution is -0.124. The number of carbonyl (C=O) groups is 2. The van der Waals surface area contributed by atoms with Gasteiger partial charge in [0.15, 0.2) is 0 Å². The monoisotopic (exact) mass is 381 g/mol. The SMILES string of the molecule is CC(C)C(=O)NCC(C1CCCCC1)N1CCN(C(=O)OC(C)(C)C)CC1. The fourth-order valence-corrected chi connectivity index (χ4v) is 4.08. The number of ether oxygens (including phenoxy) is 1. The van der Waals surface area contributed by atoms with Crippen molar-refractivity contribution in [3.05, 3.63) is 0 Å². The third-order valence-electron chi connectivity index (χ3n) is 5.64. The number of amides is 2. The first-order valence-electron chi connectivity index (χ1n) is 10.7. The molecule has 1 aliphatic heterocycles. The second-order valence-corrected chi connectivity index (χ2v) is 9.37. The van der Waals surface area contributed by atoms with E-state index in [-0.39, 0.29) is 17.9 Å². The van der Waals surface area contributed by atoms with E-state index >= 15 is 0 Å². The van der Waals surface area contributed by atoms with Crippen LogP contribution in [-0.2, 0) is 9.53 Å². The summed E-state index contributed by atoms with van der Waals surface area (Å²) >= 11 is 0. The van der Waals surface area contributed by atoms with Crippen molar-refractivity contribution in [1.29, 1.82) is 0 Å². The second kappa shape index (κ2) is 9.76. The van der Waals surface area contributed by atoms with Crippen molar-refractivity contribution in [3.63, 3.8) is 0 Å². The standard InChI is InChI=1S/C21H39N3O3/c1-16(2)19(25)22-15-18(17-9-7-6-8-10-17)23-11-13-24(14-12-23)20(26)27-21(3,4)5/h16-18H,6-15H2,1-5H3,(H,22,25). The molecule has 1 unspecified atom stereocenters. The molecule has 1 saturated carbocycles. The van der Waals surface area contributed by atoms with Crippen molar-refractivity contribution in [2.75, 3.05) is 32.7 Å². The molecule has 1 aliphatic carbocycles. The van der Waals surface area contributed by atoms with Crippen molar-refractivity contribution in [2.45, 2.75) is 78.4 Å². The Bertz CT molecular complexity index is 487. The number of carbonyl (C=O) groups excluding carboxylic acids is 2. The molecule has 2 amide bonds. The summed E-state index contributed by atoms with van der Waals surface area (Å²) in [4.78, 5) is 28.7. The lowest BCUT2D eigenvalue weighted by atomic mass is 9.83. The van der Waals surface area contributed by atoms with E-state index in [0.29, 0.717) is 31.6 Å². The Balaban J connectivity index is 1.93. The molecule has 6 nitrogen and oxygen atoms in total. The fraction of sp³-hybridized carbons (Fsp3) is 0.905. The van der Waals surface area contributed by atoms with E-state index in [2.05, 4.69) is 10.2 Å². The quantitative estimate of drug-likeness (QED) is 0.794. The Morgan fingerprint density at radius 2 is 1.63 bits per heavy atom. The zero-order valence-corrected chi connectivity index (χ0v) is 17.9. The lowest BCUT2D eigenvalue weighted by Gasteiger charge is -2.43. The molecule has 0 aromatic carbocycles. The molecule has 1 N–H and O–H groups in total. The van der Waals surface area contributed by atoms with Gasteiger partial charge in [0.1, 0.15) is 5.60 Å². The van der Waals surface area contributed by atoms with Crippen LogP contribution in [-0.4, -0.2) is 66.2 Å². The molecule has 2 rings (SSSR count). The molecule has 0 aromatic heterocycles. The Morgan fingerprint density at radius 3 is 2.15 bits per heavy atom. The predicted molar refractivity (Wildman–Crippen MR) is 108 cm³/mol. The summed E-state index contributed by atoms with van der Waals surface area (Å²) in [6, 6.07) is 0.369. The van der Waals surface area contributed by atoms with E-state index in [4.69, 9.17) is 4.74 Å². The first kappa shape index (κ1) is 22.0. The molecule has 0 spiro atoms. The molecule has 2 aliphatic rings. The summed E-state index contributed by atoms with van der Waals surface area (Å²) in [6.45, 7) is 13.4. The van der Waals surface area contributed by atoms with Crippen molar-refractivity contribution in [2.24, 2.45) is 11.8 Å². The number of piperazine rings is 1. The van der Waals surface area contributed by atoms with Gasteiger partial charge in [-0.3, -0.25) is 9.69 Å². The molecule has 156 valence electrons. The molecule has 0 bridgehead atoms. The summed E-state index contributed by atoms with van der Waals surface area (Å²) in [5.41, 5.74) is -0.458.